The lowest BCUT2D eigenvalue weighted by atomic mass is 10.1. The Labute approximate surface area is 204 Å². The lowest BCUT2D eigenvalue weighted by Crippen LogP contribution is -2.34. The van der Waals surface area contributed by atoms with Crippen molar-refractivity contribution in [2.75, 3.05) is 12.4 Å². The van der Waals surface area contributed by atoms with Crippen molar-refractivity contribution < 1.29 is 9.53 Å². The number of nitrogens with zero attached hydrogens (tertiary/aromatic N) is 4. The normalized spacial score (nSPS) is 11.0. The third kappa shape index (κ3) is 4.20. The fourth-order valence-corrected chi connectivity index (χ4v) is 4.69. The predicted octanol–water partition coefficient (Wildman–Crippen LogP) is 4.70. The molecule has 8 nitrogen and oxygen atoms in total. The Kier molecular flexibility index (Phi) is 5.91. The van der Waals surface area contributed by atoms with Crippen LogP contribution in [0.15, 0.2) is 60.7 Å². The molecule has 2 N–H and O–H groups in total. The summed E-state index contributed by atoms with van der Waals surface area (Å²) in [4.78, 5) is 13.7. The molecule has 0 aliphatic carbocycles. The van der Waals surface area contributed by atoms with Crippen molar-refractivity contribution in [3.63, 3.8) is 0 Å². The van der Waals surface area contributed by atoms with Crippen LogP contribution in [0.4, 0.5) is 5.69 Å². The van der Waals surface area contributed by atoms with E-state index in [1.165, 1.54) is 11.3 Å². The van der Waals surface area contributed by atoms with Gasteiger partial charge in [-0.15, -0.1) is 10.2 Å². The molecule has 0 atom stereocenters. The summed E-state index contributed by atoms with van der Waals surface area (Å²) < 4.78 is 7.20. The van der Waals surface area contributed by atoms with Gasteiger partial charge < -0.3 is 10.1 Å². The average molecular weight is 489 g/mol. The van der Waals surface area contributed by atoms with E-state index < -0.39 is 0 Å². The van der Waals surface area contributed by atoms with Gasteiger partial charge in [-0.2, -0.15) is 9.61 Å². The fourth-order valence-electron chi connectivity index (χ4n) is 3.62. The maximum atomic E-state index is 12.9. The molecule has 170 valence electrons. The molecule has 34 heavy (non-hydrogen) atoms. The molecule has 3 aromatic carbocycles. The number of aromatic nitrogens is 4. The highest BCUT2D eigenvalue weighted by atomic mass is 32.1. The molecule has 10 heteroatoms. The lowest BCUT2D eigenvalue weighted by molar-refractivity contribution is 0.0975. The number of rotatable bonds is 5. The zero-order valence-electron chi connectivity index (χ0n) is 18.4. The average Bonchev–Trinajstić information content (AvgIpc) is 3.44. The minimum Gasteiger partial charge on any atom is -0.496 e. The molecule has 0 spiro atoms. The second-order valence-electron chi connectivity index (χ2n) is 7.46. The molecule has 0 saturated heterocycles. The van der Waals surface area contributed by atoms with Crippen molar-refractivity contribution in [3.05, 3.63) is 72.1 Å². The van der Waals surface area contributed by atoms with Crippen molar-refractivity contribution in [3.8, 4) is 16.3 Å². The Morgan fingerprint density at radius 3 is 2.65 bits per heavy atom. The fraction of sp³-hybridized carbons (Fsp3) is 0.125. The van der Waals surface area contributed by atoms with Crippen molar-refractivity contribution in [1.82, 2.24) is 25.1 Å². The van der Waals surface area contributed by atoms with E-state index in [1.54, 1.807) is 17.7 Å². The second kappa shape index (κ2) is 9.16. The van der Waals surface area contributed by atoms with Crippen LogP contribution in [0.5, 0.6) is 5.75 Å². The highest BCUT2D eigenvalue weighted by Crippen LogP contribution is 2.28. The summed E-state index contributed by atoms with van der Waals surface area (Å²) >= 11 is 6.86. The van der Waals surface area contributed by atoms with E-state index in [4.69, 9.17) is 17.0 Å². The minimum absolute atomic E-state index is 0.184. The molecule has 0 aliphatic rings. The van der Waals surface area contributed by atoms with E-state index >= 15 is 0 Å². The third-order valence-corrected chi connectivity index (χ3v) is 6.43. The quantitative estimate of drug-likeness (QED) is 0.346. The van der Waals surface area contributed by atoms with Crippen molar-refractivity contribution in [1.29, 1.82) is 0 Å². The number of nitrogens with one attached hydrogen (secondary N) is 2. The first kappa shape index (κ1) is 21.9. The number of ether oxygens (including phenoxy) is 1. The SMILES string of the molecule is CCc1nnc2sc(-c3cccc(NC(=S)NC(=O)c4cc5ccccc5cc4OC)c3)nn12. The van der Waals surface area contributed by atoms with Gasteiger partial charge in [0.2, 0.25) is 4.96 Å². The van der Waals surface area contributed by atoms with Crippen molar-refractivity contribution in [2.45, 2.75) is 13.3 Å². The van der Waals surface area contributed by atoms with E-state index in [0.717, 1.165) is 44.2 Å². The molecule has 0 bridgehead atoms. The molecule has 5 aromatic rings. The number of hydrogen-bond acceptors (Lipinski definition) is 7. The number of carbonyl (C=O) groups excluding carboxylic acids is 1. The Balaban J connectivity index is 1.33. The summed E-state index contributed by atoms with van der Waals surface area (Å²) in [6, 6.07) is 19.1. The van der Waals surface area contributed by atoms with E-state index in [1.807, 2.05) is 61.5 Å². The summed E-state index contributed by atoms with van der Waals surface area (Å²) in [5, 5.41) is 21.7. The molecule has 0 saturated carbocycles. The smallest absolute Gasteiger partial charge is 0.261 e. The number of carbonyl (C=O) groups is 1. The highest BCUT2D eigenvalue weighted by Gasteiger charge is 2.16. The van der Waals surface area contributed by atoms with E-state index in [2.05, 4.69) is 25.9 Å². The van der Waals surface area contributed by atoms with Gasteiger partial charge in [0.05, 0.1) is 12.7 Å². The topological polar surface area (TPSA) is 93.4 Å². The van der Waals surface area contributed by atoms with Crippen LogP contribution in [0.1, 0.15) is 23.1 Å². The Morgan fingerprint density at radius 2 is 1.88 bits per heavy atom. The summed E-state index contributed by atoms with van der Waals surface area (Å²) in [5.41, 5.74) is 2.05. The van der Waals surface area contributed by atoms with Gasteiger partial charge in [0, 0.05) is 17.7 Å². The molecule has 0 fully saturated rings. The van der Waals surface area contributed by atoms with Gasteiger partial charge in [0.15, 0.2) is 10.9 Å². The zero-order valence-corrected chi connectivity index (χ0v) is 20.0. The number of amides is 1. The van der Waals surface area contributed by atoms with Crippen LogP contribution in [0, 0.1) is 0 Å². The van der Waals surface area contributed by atoms with Crippen LogP contribution in [-0.2, 0) is 6.42 Å². The molecule has 1 amide bonds. The first-order valence-corrected chi connectivity index (χ1v) is 11.8. The van der Waals surface area contributed by atoms with E-state index in [0.29, 0.717) is 11.3 Å². The van der Waals surface area contributed by atoms with Crippen LogP contribution in [0.2, 0.25) is 0 Å². The first-order chi connectivity index (χ1) is 16.6. The van der Waals surface area contributed by atoms with Crippen molar-refractivity contribution >= 4 is 56.0 Å². The van der Waals surface area contributed by atoms with Crippen molar-refractivity contribution in [2.24, 2.45) is 0 Å². The molecular formula is C24H20N6O2S2. The standard InChI is InChI=1S/C24H20N6O2S2/c1-3-20-27-28-24-30(20)29-22(34-24)16-9-6-10-17(11-16)25-23(33)26-21(31)18-12-14-7-4-5-8-15(14)13-19(18)32-2/h4-13H,3H2,1-2H3,(H2,25,26,31,33). The molecule has 0 radical (unpaired) electrons. The maximum Gasteiger partial charge on any atom is 0.261 e. The lowest BCUT2D eigenvalue weighted by Gasteiger charge is -2.13. The summed E-state index contributed by atoms with van der Waals surface area (Å²) in [5.74, 6) is 0.951. The first-order valence-electron chi connectivity index (χ1n) is 10.6. The van der Waals surface area contributed by atoms with Gasteiger partial charge in [-0.3, -0.25) is 10.1 Å². The number of benzene rings is 3. The highest BCUT2D eigenvalue weighted by molar-refractivity contribution is 7.80. The minimum atomic E-state index is -0.350. The molecule has 5 rings (SSSR count). The van der Waals surface area contributed by atoms with Crippen LogP contribution in [-0.4, -0.2) is 37.9 Å². The predicted molar refractivity (Wildman–Crippen MR) is 138 cm³/mol. The molecular weight excluding hydrogens is 468 g/mol. The van der Waals surface area contributed by atoms with E-state index in [9.17, 15) is 4.79 Å². The van der Waals surface area contributed by atoms with Crippen LogP contribution < -0.4 is 15.4 Å². The van der Waals surface area contributed by atoms with Gasteiger partial charge in [-0.1, -0.05) is 54.7 Å². The number of anilines is 1. The maximum absolute atomic E-state index is 12.9. The number of methoxy groups -OCH3 is 1. The number of fused-ring (bicyclic) bond motifs is 2. The third-order valence-electron chi connectivity index (χ3n) is 5.28. The van der Waals surface area contributed by atoms with E-state index in [-0.39, 0.29) is 11.0 Å². The molecule has 2 heterocycles. The Hall–Kier alpha value is -3.89. The largest absolute Gasteiger partial charge is 0.496 e. The van der Waals surface area contributed by atoms with Crippen LogP contribution in [0.25, 0.3) is 26.3 Å². The summed E-state index contributed by atoms with van der Waals surface area (Å²) in [7, 11) is 1.54. The van der Waals surface area contributed by atoms with Crippen LogP contribution in [0.3, 0.4) is 0 Å². The summed E-state index contributed by atoms with van der Waals surface area (Å²) in [6.07, 6.45) is 0.752. The van der Waals surface area contributed by atoms with Crippen LogP contribution >= 0.6 is 23.6 Å². The molecule has 0 aliphatic heterocycles. The molecule has 0 unspecified atom stereocenters. The van der Waals surface area contributed by atoms with Gasteiger partial charge in [0.1, 0.15) is 10.8 Å². The Morgan fingerprint density at radius 1 is 1.09 bits per heavy atom. The number of thiocarbonyl (C=S) groups is 1. The Bertz CT molecular complexity index is 1540. The van der Waals surface area contributed by atoms with Gasteiger partial charge in [0.25, 0.3) is 5.91 Å². The van der Waals surface area contributed by atoms with Gasteiger partial charge in [-0.25, -0.2) is 0 Å². The second-order valence-corrected chi connectivity index (χ2v) is 8.82. The number of aryl methyl sites for hydroxylation is 1. The summed E-state index contributed by atoms with van der Waals surface area (Å²) in [6.45, 7) is 2.02. The monoisotopic (exact) mass is 488 g/mol. The molecule has 2 aromatic heterocycles. The van der Waals surface area contributed by atoms with Gasteiger partial charge in [-0.05, 0) is 47.3 Å². The van der Waals surface area contributed by atoms with Gasteiger partial charge >= 0.3 is 0 Å². The zero-order chi connectivity index (χ0) is 23.7. The number of hydrogen-bond donors (Lipinski definition) is 2.